The van der Waals surface area contributed by atoms with E-state index in [9.17, 15) is 24.0 Å². The standard InChI is InChI=1S/C35H52O10/c1-18(2)14-30(43-21(5)37)32(45-23(7)39)19(3)25-10-11-26-24-17-41-33(40)28-15-29(42-20(4)36)31(44-22(6)38)16-35(28,9)27(24)12-13-34(25,26)8/h19,24-32H,1,10-17H2,2-9H3/t19-,24-,25+,26-,27-,28+,29-,30?,31+,32?,34+,35+/m0/s1. The molecule has 0 amide bonds. The number of cyclic esters (lactones) is 1. The number of carbonyl (C=O) groups excluding carboxylic acids is 5. The third-order valence-corrected chi connectivity index (χ3v) is 11.7. The van der Waals surface area contributed by atoms with E-state index in [0.717, 1.165) is 31.3 Å². The van der Waals surface area contributed by atoms with Crippen molar-refractivity contribution >= 4 is 29.8 Å². The summed E-state index contributed by atoms with van der Waals surface area (Å²) in [5.74, 6) is -2.00. The van der Waals surface area contributed by atoms with Gasteiger partial charge in [0.2, 0.25) is 0 Å². The average Bonchev–Trinajstić information content (AvgIpc) is 3.22. The van der Waals surface area contributed by atoms with Crippen molar-refractivity contribution in [2.24, 2.45) is 46.3 Å². The summed E-state index contributed by atoms with van der Waals surface area (Å²) in [6, 6.07) is 0. The van der Waals surface area contributed by atoms with Crippen LogP contribution < -0.4 is 0 Å². The zero-order chi connectivity index (χ0) is 33.4. The maximum absolute atomic E-state index is 13.6. The lowest BCUT2D eigenvalue weighted by Crippen LogP contribution is -2.56. The van der Waals surface area contributed by atoms with Crippen LogP contribution in [0.4, 0.5) is 0 Å². The van der Waals surface area contributed by atoms with E-state index in [-0.39, 0.29) is 47.4 Å². The van der Waals surface area contributed by atoms with Crippen molar-refractivity contribution in [2.75, 3.05) is 6.61 Å². The van der Waals surface area contributed by atoms with Crippen LogP contribution in [0.25, 0.3) is 0 Å². The quantitative estimate of drug-likeness (QED) is 0.186. The smallest absolute Gasteiger partial charge is 0.309 e. The molecule has 1 saturated heterocycles. The summed E-state index contributed by atoms with van der Waals surface area (Å²) in [4.78, 5) is 62.0. The van der Waals surface area contributed by atoms with E-state index >= 15 is 0 Å². The third kappa shape index (κ3) is 7.09. The molecule has 10 heteroatoms. The minimum absolute atomic E-state index is 0.0926. The molecule has 45 heavy (non-hydrogen) atoms. The molecule has 0 spiro atoms. The molecular weight excluding hydrogens is 580 g/mol. The highest BCUT2D eigenvalue weighted by molar-refractivity contribution is 5.75. The van der Waals surface area contributed by atoms with Gasteiger partial charge in [-0.2, -0.15) is 0 Å². The molecule has 10 nitrogen and oxygen atoms in total. The Morgan fingerprint density at radius 1 is 0.867 bits per heavy atom. The zero-order valence-corrected chi connectivity index (χ0v) is 28.2. The molecular formula is C35H52O10. The number of fused-ring (bicyclic) bond motifs is 5. The fourth-order valence-electron chi connectivity index (χ4n) is 10.0. The van der Waals surface area contributed by atoms with E-state index in [1.807, 2.05) is 6.92 Å². The second-order valence-corrected chi connectivity index (χ2v) is 14.8. The van der Waals surface area contributed by atoms with E-state index in [0.29, 0.717) is 19.4 Å². The monoisotopic (exact) mass is 632 g/mol. The van der Waals surface area contributed by atoms with Crippen molar-refractivity contribution in [3.8, 4) is 0 Å². The molecule has 252 valence electrons. The first-order valence-electron chi connectivity index (χ1n) is 16.5. The molecule has 4 rings (SSSR count). The van der Waals surface area contributed by atoms with Gasteiger partial charge in [-0.1, -0.05) is 32.9 Å². The van der Waals surface area contributed by atoms with E-state index in [1.54, 1.807) is 0 Å². The first-order chi connectivity index (χ1) is 21.0. The van der Waals surface area contributed by atoms with Crippen molar-refractivity contribution in [3.63, 3.8) is 0 Å². The third-order valence-electron chi connectivity index (χ3n) is 11.7. The first-order valence-corrected chi connectivity index (χ1v) is 16.5. The van der Waals surface area contributed by atoms with E-state index in [1.165, 1.54) is 27.7 Å². The van der Waals surface area contributed by atoms with Gasteiger partial charge < -0.3 is 23.7 Å². The fourth-order valence-corrected chi connectivity index (χ4v) is 10.0. The van der Waals surface area contributed by atoms with E-state index in [2.05, 4.69) is 27.4 Å². The van der Waals surface area contributed by atoms with Crippen molar-refractivity contribution in [1.82, 2.24) is 0 Å². The van der Waals surface area contributed by atoms with Crippen LogP contribution in [-0.2, 0) is 47.7 Å². The topological polar surface area (TPSA) is 132 Å². The van der Waals surface area contributed by atoms with Gasteiger partial charge in [0.15, 0.2) is 0 Å². The van der Waals surface area contributed by atoms with Gasteiger partial charge in [0.05, 0.1) is 12.5 Å². The summed E-state index contributed by atoms with van der Waals surface area (Å²) in [5, 5.41) is 0. The van der Waals surface area contributed by atoms with Crippen LogP contribution in [0.1, 0.15) is 100 Å². The number of hydrogen-bond donors (Lipinski definition) is 0. The van der Waals surface area contributed by atoms with Gasteiger partial charge >= 0.3 is 29.8 Å². The summed E-state index contributed by atoms with van der Waals surface area (Å²) in [6.45, 7) is 18.1. The molecule has 1 aliphatic heterocycles. The van der Waals surface area contributed by atoms with Crippen LogP contribution in [0, 0.1) is 46.3 Å². The van der Waals surface area contributed by atoms with Crippen molar-refractivity contribution < 1.29 is 47.7 Å². The average molecular weight is 633 g/mol. The normalized spacial score (nSPS) is 37.6. The summed E-state index contributed by atoms with van der Waals surface area (Å²) in [5.41, 5.74) is 0.193. The minimum atomic E-state index is -0.707. The molecule has 0 radical (unpaired) electrons. The van der Waals surface area contributed by atoms with Crippen LogP contribution >= 0.6 is 0 Å². The fraction of sp³-hybridized carbons (Fsp3) is 0.800. The Labute approximate surface area is 267 Å². The molecule has 3 aliphatic carbocycles. The Morgan fingerprint density at radius 3 is 2.04 bits per heavy atom. The van der Waals surface area contributed by atoms with E-state index in [4.69, 9.17) is 23.7 Å². The molecule has 0 aromatic rings. The van der Waals surface area contributed by atoms with Crippen LogP contribution in [0.15, 0.2) is 12.2 Å². The van der Waals surface area contributed by atoms with Crippen molar-refractivity contribution in [1.29, 1.82) is 0 Å². The minimum Gasteiger partial charge on any atom is -0.465 e. The maximum Gasteiger partial charge on any atom is 0.309 e. The molecule has 12 atom stereocenters. The van der Waals surface area contributed by atoms with Gasteiger partial charge in [0.25, 0.3) is 0 Å². The predicted molar refractivity (Wildman–Crippen MR) is 163 cm³/mol. The number of rotatable bonds is 9. The molecule has 1 heterocycles. The Hall–Kier alpha value is -2.91. The molecule has 0 aromatic heterocycles. The SMILES string of the molecule is C=C(C)CC(OC(C)=O)C(OC(C)=O)[C@@H](C)[C@H]1CC[C@H]2[C@@H]3COC(=O)[C@H]4C[C@H](OC(C)=O)[C@H](OC(C)=O)C[C@]4(C)[C@H]3CC[C@]12C. The van der Waals surface area contributed by atoms with Crippen LogP contribution in [0.5, 0.6) is 0 Å². The van der Waals surface area contributed by atoms with Crippen LogP contribution in [-0.4, -0.2) is 60.9 Å². The van der Waals surface area contributed by atoms with Gasteiger partial charge in [0, 0.05) is 46.5 Å². The van der Waals surface area contributed by atoms with Crippen LogP contribution in [0.2, 0.25) is 0 Å². The lowest BCUT2D eigenvalue weighted by atomic mass is 9.48. The summed E-state index contributed by atoms with van der Waals surface area (Å²) in [7, 11) is 0. The van der Waals surface area contributed by atoms with Gasteiger partial charge in [0.1, 0.15) is 24.4 Å². The number of ether oxygens (including phenoxy) is 5. The molecule has 0 bridgehead atoms. The molecule has 0 aromatic carbocycles. The molecule has 3 saturated carbocycles. The molecule has 0 N–H and O–H groups in total. The van der Waals surface area contributed by atoms with Crippen LogP contribution in [0.3, 0.4) is 0 Å². The lowest BCUT2D eigenvalue weighted by Gasteiger charge is -2.56. The predicted octanol–water partition coefficient (Wildman–Crippen LogP) is 5.35. The Balaban J connectivity index is 1.64. The first kappa shape index (κ1) is 35.0. The summed E-state index contributed by atoms with van der Waals surface area (Å²) in [6.07, 6.45) is 2.04. The van der Waals surface area contributed by atoms with Gasteiger partial charge in [-0.3, -0.25) is 24.0 Å². The molecule has 2 unspecified atom stereocenters. The number of esters is 5. The Bertz CT molecular complexity index is 1180. The molecule has 4 aliphatic rings. The Kier molecular flexibility index (Phi) is 10.4. The van der Waals surface area contributed by atoms with E-state index < -0.39 is 59.6 Å². The number of hydrogen-bond acceptors (Lipinski definition) is 10. The van der Waals surface area contributed by atoms with Gasteiger partial charge in [-0.25, -0.2) is 0 Å². The zero-order valence-electron chi connectivity index (χ0n) is 28.2. The summed E-state index contributed by atoms with van der Waals surface area (Å²) >= 11 is 0. The van der Waals surface area contributed by atoms with Crippen molar-refractivity contribution in [2.45, 2.75) is 125 Å². The van der Waals surface area contributed by atoms with Gasteiger partial charge in [-0.15, -0.1) is 0 Å². The molecule has 4 fully saturated rings. The van der Waals surface area contributed by atoms with Gasteiger partial charge in [-0.05, 0) is 73.5 Å². The highest BCUT2D eigenvalue weighted by atomic mass is 16.6. The highest BCUT2D eigenvalue weighted by Gasteiger charge is 2.64. The highest BCUT2D eigenvalue weighted by Crippen LogP contribution is 2.66. The maximum atomic E-state index is 13.6. The Morgan fingerprint density at radius 2 is 1.47 bits per heavy atom. The summed E-state index contributed by atoms with van der Waals surface area (Å²) < 4.78 is 29.0. The van der Waals surface area contributed by atoms with Crippen molar-refractivity contribution in [3.05, 3.63) is 12.2 Å². The second kappa shape index (κ2) is 13.4. The largest absolute Gasteiger partial charge is 0.465 e. The second-order valence-electron chi connectivity index (χ2n) is 14.8. The lowest BCUT2D eigenvalue weighted by molar-refractivity contribution is -0.188. The number of carbonyl (C=O) groups is 5.